The standard InChI is InChI=1S/C15H24N2O4S/c1-6-10(2)17-22(20,21)11-7-8-13(16-15(3,4)5)12(9-11)14(18)19/h7-10,16-17H,6H2,1-5H3,(H,18,19)/t10-/m1/s1. The maximum atomic E-state index is 12.2. The molecule has 0 aliphatic carbocycles. The predicted octanol–water partition coefficient (Wildman–Crippen LogP) is 2.67. The minimum absolute atomic E-state index is 0.0512. The van der Waals surface area contributed by atoms with Gasteiger partial charge in [0.15, 0.2) is 0 Å². The molecule has 3 N–H and O–H groups in total. The van der Waals surface area contributed by atoms with E-state index in [0.29, 0.717) is 12.1 Å². The second-order valence-corrected chi connectivity index (χ2v) is 8.03. The van der Waals surface area contributed by atoms with Gasteiger partial charge in [0, 0.05) is 17.3 Å². The van der Waals surface area contributed by atoms with E-state index in [9.17, 15) is 18.3 Å². The molecule has 1 atom stereocenters. The van der Waals surface area contributed by atoms with Crippen LogP contribution in [0.25, 0.3) is 0 Å². The average Bonchev–Trinajstić information content (AvgIpc) is 2.36. The Hall–Kier alpha value is -1.60. The van der Waals surface area contributed by atoms with Gasteiger partial charge >= 0.3 is 5.97 Å². The molecule has 7 heteroatoms. The van der Waals surface area contributed by atoms with E-state index >= 15 is 0 Å². The van der Waals surface area contributed by atoms with Crippen molar-refractivity contribution >= 4 is 21.7 Å². The third-order valence-corrected chi connectivity index (χ3v) is 4.60. The van der Waals surface area contributed by atoms with Gasteiger partial charge in [-0.15, -0.1) is 0 Å². The Morgan fingerprint density at radius 3 is 2.36 bits per heavy atom. The van der Waals surface area contributed by atoms with Crippen molar-refractivity contribution in [3.63, 3.8) is 0 Å². The van der Waals surface area contributed by atoms with Crippen molar-refractivity contribution in [3.05, 3.63) is 23.8 Å². The van der Waals surface area contributed by atoms with Crippen LogP contribution in [0.5, 0.6) is 0 Å². The largest absolute Gasteiger partial charge is 0.478 e. The molecule has 0 bridgehead atoms. The Kier molecular flexibility index (Phi) is 5.59. The van der Waals surface area contributed by atoms with Gasteiger partial charge in [-0.3, -0.25) is 0 Å². The molecule has 0 spiro atoms. The minimum atomic E-state index is -3.73. The number of rotatable bonds is 6. The molecule has 0 radical (unpaired) electrons. The number of carbonyl (C=O) groups is 1. The highest BCUT2D eigenvalue weighted by Gasteiger charge is 2.22. The first-order chi connectivity index (χ1) is 9.96. The second-order valence-electron chi connectivity index (χ2n) is 6.32. The number of benzene rings is 1. The topological polar surface area (TPSA) is 95.5 Å². The summed E-state index contributed by atoms with van der Waals surface area (Å²) in [5, 5.41) is 12.4. The molecular formula is C15H24N2O4S. The summed E-state index contributed by atoms with van der Waals surface area (Å²) >= 11 is 0. The molecule has 0 fully saturated rings. The molecule has 1 rings (SSSR count). The van der Waals surface area contributed by atoms with E-state index in [1.54, 1.807) is 6.92 Å². The van der Waals surface area contributed by atoms with E-state index < -0.39 is 16.0 Å². The number of carboxylic acid groups (broad SMARTS) is 1. The average molecular weight is 328 g/mol. The molecule has 1 aromatic rings. The van der Waals surface area contributed by atoms with Gasteiger partial charge in [0.2, 0.25) is 10.0 Å². The lowest BCUT2D eigenvalue weighted by molar-refractivity contribution is 0.0697. The molecule has 1 aromatic carbocycles. The van der Waals surface area contributed by atoms with Gasteiger partial charge in [0.25, 0.3) is 0 Å². The molecular weight excluding hydrogens is 304 g/mol. The Bertz CT molecular complexity index is 648. The molecule has 0 aliphatic rings. The van der Waals surface area contributed by atoms with E-state index in [0.717, 1.165) is 0 Å². The lowest BCUT2D eigenvalue weighted by atomic mass is 10.1. The highest BCUT2D eigenvalue weighted by molar-refractivity contribution is 7.89. The van der Waals surface area contributed by atoms with Gasteiger partial charge in [-0.1, -0.05) is 6.92 Å². The van der Waals surface area contributed by atoms with Gasteiger partial charge in [0.05, 0.1) is 10.5 Å². The fraction of sp³-hybridized carbons (Fsp3) is 0.533. The normalized spacial score (nSPS) is 13.7. The maximum absolute atomic E-state index is 12.2. The molecule has 0 saturated heterocycles. The summed E-state index contributed by atoms with van der Waals surface area (Å²) in [5.41, 5.74) is -0.0102. The number of carboxylic acids is 1. The Morgan fingerprint density at radius 2 is 1.91 bits per heavy atom. The molecule has 0 saturated carbocycles. The van der Waals surface area contributed by atoms with E-state index in [1.165, 1.54) is 18.2 Å². The summed E-state index contributed by atoms with van der Waals surface area (Å²) in [4.78, 5) is 11.4. The summed E-state index contributed by atoms with van der Waals surface area (Å²) in [6.07, 6.45) is 0.648. The SMILES string of the molecule is CC[C@@H](C)NS(=O)(=O)c1ccc(NC(C)(C)C)c(C(=O)O)c1. The van der Waals surface area contributed by atoms with Crippen LogP contribution in [0.3, 0.4) is 0 Å². The summed E-state index contributed by atoms with van der Waals surface area (Å²) in [5.74, 6) is -1.17. The van der Waals surface area contributed by atoms with E-state index in [1.807, 2.05) is 27.7 Å². The van der Waals surface area contributed by atoms with Gasteiger partial charge in [-0.05, 0) is 52.3 Å². The first kappa shape index (κ1) is 18.4. The fourth-order valence-corrected chi connectivity index (χ4v) is 3.15. The number of hydrogen-bond donors (Lipinski definition) is 3. The molecule has 0 unspecified atom stereocenters. The smallest absolute Gasteiger partial charge is 0.337 e. The van der Waals surface area contributed by atoms with Crippen LogP contribution in [-0.4, -0.2) is 31.1 Å². The van der Waals surface area contributed by atoms with Gasteiger partial charge in [0.1, 0.15) is 0 Å². The predicted molar refractivity (Wildman–Crippen MR) is 86.9 cm³/mol. The fourth-order valence-electron chi connectivity index (χ4n) is 1.80. The van der Waals surface area contributed by atoms with Crippen molar-refractivity contribution in [1.82, 2.24) is 4.72 Å². The Labute approximate surface area is 132 Å². The monoisotopic (exact) mass is 328 g/mol. The van der Waals surface area contributed by atoms with Crippen LogP contribution in [0.15, 0.2) is 23.1 Å². The van der Waals surface area contributed by atoms with Crippen LogP contribution in [0.2, 0.25) is 0 Å². The van der Waals surface area contributed by atoms with Crippen molar-refractivity contribution in [3.8, 4) is 0 Å². The molecule has 0 amide bonds. The lowest BCUT2D eigenvalue weighted by Gasteiger charge is -2.23. The zero-order valence-electron chi connectivity index (χ0n) is 13.6. The summed E-state index contributed by atoms with van der Waals surface area (Å²) < 4.78 is 27.0. The number of aromatic carboxylic acids is 1. The molecule has 22 heavy (non-hydrogen) atoms. The van der Waals surface area contributed by atoms with Crippen LogP contribution < -0.4 is 10.0 Å². The van der Waals surface area contributed by atoms with Gasteiger partial charge in [-0.2, -0.15) is 0 Å². The molecule has 0 heterocycles. The third-order valence-electron chi connectivity index (χ3n) is 3.01. The van der Waals surface area contributed by atoms with Crippen molar-refractivity contribution < 1.29 is 18.3 Å². The van der Waals surface area contributed by atoms with Crippen LogP contribution in [0.4, 0.5) is 5.69 Å². The van der Waals surface area contributed by atoms with Gasteiger partial charge < -0.3 is 10.4 Å². The molecule has 124 valence electrons. The Morgan fingerprint density at radius 1 is 1.32 bits per heavy atom. The van der Waals surface area contributed by atoms with Crippen molar-refractivity contribution in [2.45, 2.75) is 57.5 Å². The van der Waals surface area contributed by atoms with Crippen molar-refractivity contribution in [2.75, 3.05) is 5.32 Å². The third kappa shape index (κ3) is 4.99. The van der Waals surface area contributed by atoms with Crippen LogP contribution >= 0.6 is 0 Å². The zero-order chi connectivity index (χ0) is 17.1. The second kappa shape index (κ2) is 6.66. The summed E-state index contributed by atoms with van der Waals surface area (Å²) in [6, 6.07) is 3.86. The number of sulfonamides is 1. The maximum Gasteiger partial charge on any atom is 0.337 e. The quantitative estimate of drug-likeness (QED) is 0.746. The van der Waals surface area contributed by atoms with E-state index in [-0.39, 0.29) is 22.0 Å². The van der Waals surface area contributed by atoms with Crippen molar-refractivity contribution in [1.29, 1.82) is 0 Å². The number of hydrogen-bond acceptors (Lipinski definition) is 4. The van der Waals surface area contributed by atoms with E-state index in [4.69, 9.17) is 0 Å². The molecule has 0 aliphatic heterocycles. The molecule has 6 nitrogen and oxygen atoms in total. The first-order valence-corrected chi connectivity index (χ1v) is 8.62. The van der Waals surface area contributed by atoms with E-state index in [2.05, 4.69) is 10.0 Å². The number of nitrogens with one attached hydrogen (secondary N) is 2. The van der Waals surface area contributed by atoms with Crippen LogP contribution in [-0.2, 0) is 10.0 Å². The number of anilines is 1. The van der Waals surface area contributed by atoms with Crippen molar-refractivity contribution in [2.24, 2.45) is 0 Å². The van der Waals surface area contributed by atoms with Crippen LogP contribution in [0.1, 0.15) is 51.4 Å². The van der Waals surface area contributed by atoms with Crippen LogP contribution in [0, 0.1) is 0 Å². The summed E-state index contributed by atoms with van der Waals surface area (Å²) in [6.45, 7) is 9.31. The lowest BCUT2D eigenvalue weighted by Crippen LogP contribution is -2.32. The zero-order valence-corrected chi connectivity index (χ0v) is 14.4. The summed E-state index contributed by atoms with van der Waals surface area (Å²) in [7, 11) is -3.73. The minimum Gasteiger partial charge on any atom is -0.478 e. The molecule has 0 aromatic heterocycles. The highest BCUT2D eigenvalue weighted by Crippen LogP contribution is 2.24. The van der Waals surface area contributed by atoms with Gasteiger partial charge in [-0.25, -0.2) is 17.9 Å². The first-order valence-electron chi connectivity index (χ1n) is 7.14. The highest BCUT2D eigenvalue weighted by atomic mass is 32.2. The Balaban J connectivity index is 3.26.